The summed E-state index contributed by atoms with van der Waals surface area (Å²) >= 11 is 0. The van der Waals surface area contributed by atoms with Crippen molar-refractivity contribution < 1.29 is 18.7 Å². The van der Waals surface area contributed by atoms with E-state index in [1.54, 1.807) is 13.0 Å². The Morgan fingerprint density at radius 1 is 1.40 bits per heavy atom. The Morgan fingerprint density at radius 2 is 2.23 bits per heavy atom. The molecule has 0 radical (unpaired) electrons. The lowest BCUT2D eigenvalue weighted by atomic mass is 10.0. The molecule has 1 N–H and O–H groups in total. The van der Waals surface area contributed by atoms with E-state index in [4.69, 9.17) is 13.9 Å². The van der Waals surface area contributed by atoms with Gasteiger partial charge in [0.25, 0.3) is 5.91 Å². The number of morpholine rings is 1. The van der Waals surface area contributed by atoms with Crippen LogP contribution in [0.25, 0.3) is 11.0 Å². The molecule has 7 nitrogen and oxygen atoms in total. The van der Waals surface area contributed by atoms with Crippen molar-refractivity contribution in [2.24, 2.45) is 0 Å². The second-order valence-electron chi connectivity index (χ2n) is 8.38. The molecule has 1 aromatic heterocycles. The number of nitrogens with zero attached hydrogens (tertiary/aromatic N) is 1. The van der Waals surface area contributed by atoms with Crippen molar-refractivity contribution in [3.63, 3.8) is 0 Å². The van der Waals surface area contributed by atoms with Gasteiger partial charge in [-0.15, -0.1) is 0 Å². The molecule has 30 heavy (non-hydrogen) atoms. The quantitative estimate of drug-likeness (QED) is 0.757. The number of carbonyl (C=O) groups excluding carboxylic acids is 1. The maximum absolute atomic E-state index is 13.1. The number of carbonyl (C=O) groups is 1. The first-order valence-electron chi connectivity index (χ1n) is 10.8. The third-order valence-corrected chi connectivity index (χ3v) is 6.13. The number of benzene rings is 1. The van der Waals surface area contributed by atoms with E-state index in [1.165, 1.54) is 0 Å². The van der Waals surface area contributed by atoms with Gasteiger partial charge in [0.1, 0.15) is 11.3 Å². The summed E-state index contributed by atoms with van der Waals surface area (Å²) in [6.45, 7) is 9.09. The van der Waals surface area contributed by atoms with Crippen LogP contribution in [0.5, 0.6) is 5.75 Å². The second kappa shape index (κ2) is 8.40. The maximum Gasteiger partial charge on any atom is 0.336 e. The first-order valence-corrected chi connectivity index (χ1v) is 10.8. The van der Waals surface area contributed by atoms with Crippen LogP contribution in [-0.4, -0.2) is 55.3 Å². The zero-order chi connectivity index (χ0) is 21.3. The van der Waals surface area contributed by atoms with Crippen LogP contribution >= 0.6 is 0 Å². The van der Waals surface area contributed by atoms with Crippen molar-refractivity contribution >= 4 is 16.9 Å². The number of amides is 1. The van der Waals surface area contributed by atoms with Crippen LogP contribution in [0.2, 0.25) is 0 Å². The third kappa shape index (κ3) is 3.96. The van der Waals surface area contributed by atoms with Gasteiger partial charge >= 0.3 is 5.63 Å². The average Bonchev–Trinajstić information content (AvgIpc) is 3.17. The Hall–Kier alpha value is -2.38. The smallest absolute Gasteiger partial charge is 0.336 e. The van der Waals surface area contributed by atoms with Crippen molar-refractivity contribution in [2.45, 2.75) is 51.7 Å². The molecular formula is C23H30N2O5. The zero-order valence-corrected chi connectivity index (χ0v) is 18.0. The highest BCUT2D eigenvalue weighted by atomic mass is 16.5. The average molecular weight is 415 g/mol. The molecule has 4 rings (SSSR count). The predicted octanol–water partition coefficient (Wildman–Crippen LogP) is 2.41. The monoisotopic (exact) mass is 414 g/mol. The lowest BCUT2D eigenvalue weighted by molar-refractivity contribution is -0.154. The molecule has 2 aliphatic heterocycles. The first-order chi connectivity index (χ1) is 14.4. The van der Waals surface area contributed by atoms with E-state index < -0.39 is 6.10 Å². The van der Waals surface area contributed by atoms with Crippen LogP contribution in [0.1, 0.15) is 37.8 Å². The number of ether oxygens (including phenoxy) is 2. The Bertz CT molecular complexity index is 993. The minimum Gasteiger partial charge on any atom is -0.480 e. The Morgan fingerprint density at radius 3 is 2.97 bits per heavy atom. The summed E-state index contributed by atoms with van der Waals surface area (Å²) in [5.74, 6) is 0.510. The molecule has 0 bridgehead atoms. The fourth-order valence-electron chi connectivity index (χ4n) is 4.52. The van der Waals surface area contributed by atoms with E-state index in [-0.39, 0.29) is 17.1 Å². The van der Waals surface area contributed by atoms with Gasteiger partial charge in [-0.1, -0.05) is 13.3 Å². The van der Waals surface area contributed by atoms with E-state index in [2.05, 4.69) is 12.2 Å². The Balaban J connectivity index is 1.54. The van der Waals surface area contributed by atoms with Crippen molar-refractivity contribution in [1.29, 1.82) is 0 Å². The molecule has 1 amide bonds. The second-order valence-corrected chi connectivity index (χ2v) is 8.38. The van der Waals surface area contributed by atoms with E-state index in [0.717, 1.165) is 48.9 Å². The van der Waals surface area contributed by atoms with Crippen LogP contribution in [0.15, 0.2) is 27.4 Å². The molecule has 2 atom stereocenters. The molecule has 2 aliphatic rings. The van der Waals surface area contributed by atoms with E-state index in [1.807, 2.05) is 24.0 Å². The highest BCUT2D eigenvalue weighted by molar-refractivity contribution is 5.85. The van der Waals surface area contributed by atoms with Gasteiger partial charge in [0.05, 0.1) is 18.8 Å². The van der Waals surface area contributed by atoms with Gasteiger partial charge < -0.3 is 24.1 Å². The van der Waals surface area contributed by atoms with E-state index in [9.17, 15) is 9.59 Å². The van der Waals surface area contributed by atoms with Gasteiger partial charge in [-0.3, -0.25) is 4.79 Å². The lowest BCUT2D eigenvalue weighted by Crippen LogP contribution is -2.56. The number of aryl methyl sites for hydroxylation is 2. The molecule has 2 unspecified atom stereocenters. The van der Waals surface area contributed by atoms with Crippen molar-refractivity contribution in [3.05, 3.63) is 39.7 Å². The molecule has 162 valence electrons. The first kappa shape index (κ1) is 20.9. The minimum atomic E-state index is -0.642. The normalized spacial score (nSPS) is 22.6. The molecule has 0 saturated carbocycles. The standard InChI is InChI=1S/C23H30N2O5/c1-4-5-17-12-20(26)30-21-15(2)19(7-6-18(17)21)29-16(3)22(27)25-10-11-28-23(14-25)8-9-24-13-23/h6-7,12,16,24H,4-5,8-11,13-14H2,1-3H3. The topological polar surface area (TPSA) is 81.0 Å². The molecule has 2 fully saturated rings. The van der Waals surface area contributed by atoms with Gasteiger partial charge in [0.15, 0.2) is 6.10 Å². The summed E-state index contributed by atoms with van der Waals surface area (Å²) in [5.41, 5.74) is 1.61. The summed E-state index contributed by atoms with van der Waals surface area (Å²) in [6, 6.07) is 5.34. The lowest BCUT2D eigenvalue weighted by Gasteiger charge is -2.40. The number of hydrogen-bond donors (Lipinski definition) is 1. The molecular weight excluding hydrogens is 384 g/mol. The Kier molecular flexibility index (Phi) is 5.84. The number of fused-ring (bicyclic) bond motifs is 1. The van der Waals surface area contributed by atoms with Crippen LogP contribution < -0.4 is 15.7 Å². The summed E-state index contributed by atoms with van der Waals surface area (Å²) in [6.07, 6.45) is 2.02. The summed E-state index contributed by atoms with van der Waals surface area (Å²) < 4.78 is 17.5. The number of hydrogen-bond acceptors (Lipinski definition) is 6. The van der Waals surface area contributed by atoms with E-state index >= 15 is 0 Å². The third-order valence-electron chi connectivity index (χ3n) is 6.13. The molecule has 7 heteroatoms. The molecule has 2 aromatic rings. The van der Waals surface area contributed by atoms with Crippen LogP contribution in [0.4, 0.5) is 0 Å². The largest absolute Gasteiger partial charge is 0.480 e. The summed E-state index contributed by atoms with van der Waals surface area (Å²) in [5, 5.41) is 4.24. The van der Waals surface area contributed by atoms with Gasteiger partial charge in [0.2, 0.25) is 0 Å². The summed E-state index contributed by atoms with van der Waals surface area (Å²) in [4.78, 5) is 26.9. The zero-order valence-electron chi connectivity index (χ0n) is 18.0. The minimum absolute atomic E-state index is 0.0507. The van der Waals surface area contributed by atoms with Gasteiger partial charge in [-0.2, -0.15) is 0 Å². The Labute approximate surface area is 176 Å². The molecule has 1 spiro atoms. The molecule has 2 saturated heterocycles. The highest BCUT2D eigenvalue weighted by Gasteiger charge is 2.41. The SMILES string of the molecule is CCCc1cc(=O)oc2c(C)c(OC(C)C(=O)N3CCOC4(CCNC4)C3)ccc12. The van der Waals surface area contributed by atoms with Crippen LogP contribution in [0.3, 0.4) is 0 Å². The molecule has 3 heterocycles. The fourth-order valence-corrected chi connectivity index (χ4v) is 4.52. The van der Waals surface area contributed by atoms with Crippen LogP contribution in [-0.2, 0) is 16.0 Å². The van der Waals surface area contributed by atoms with Crippen molar-refractivity contribution in [3.8, 4) is 5.75 Å². The number of rotatable bonds is 5. The van der Waals surface area contributed by atoms with Gasteiger partial charge in [-0.25, -0.2) is 4.79 Å². The maximum atomic E-state index is 13.1. The van der Waals surface area contributed by atoms with Crippen molar-refractivity contribution in [2.75, 3.05) is 32.8 Å². The summed E-state index contributed by atoms with van der Waals surface area (Å²) in [7, 11) is 0. The van der Waals surface area contributed by atoms with E-state index in [0.29, 0.717) is 31.0 Å². The highest BCUT2D eigenvalue weighted by Crippen LogP contribution is 2.30. The number of nitrogens with one attached hydrogen (secondary N) is 1. The van der Waals surface area contributed by atoms with Gasteiger partial charge in [-0.05, 0) is 50.9 Å². The predicted molar refractivity (Wildman–Crippen MR) is 114 cm³/mol. The molecule has 1 aromatic carbocycles. The van der Waals surface area contributed by atoms with Crippen LogP contribution in [0, 0.1) is 6.92 Å². The van der Waals surface area contributed by atoms with Crippen molar-refractivity contribution in [1.82, 2.24) is 10.2 Å². The fraction of sp³-hybridized carbons (Fsp3) is 0.565. The van der Waals surface area contributed by atoms with Gasteiger partial charge in [0, 0.05) is 30.1 Å². The molecule has 0 aliphatic carbocycles.